The molecular formula is C22H23ClF3N3O5. The first kappa shape index (κ1) is 23.4. The largest absolute Gasteiger partial charge is 0.522 e. The van der Waals surface area contributed by atoms with Crippen LogP contribution in [0.1, 0.15) is 61.5 Å². The highest BCUT2D eigenvalue weighted by molar-refractivity contribution is 6.30. The monoisotopic (exact) mass is 501 g/mol. The molecule has 1 aliphatic carbocycles. The first-order valence-corrected chi connectivity index (χ1v) is 11.6. The maximum Gasteiger partial charge on any atom is 0.522 e. The molecular weight excluding hydrogens is 479 g/mol. The van der Waals surface area contributed by atoms with Crippen molar-refractivity contribution >= 4 is 17.5 Å². The molecule has 2 aliphatic heterocycles. The summed E-state index contributed by atoms with van der Waals surface area (Å²) in [4.78, 5) is 12.7. The molecule has 184 valence electrons. The van der Waals surface area contributed by atoms with E-state index in [9.17, 15) is 18.0 Å². The van der Waals surface area contributed by atoms with Crippen LogP contribution < -0.4 is 10.1 Å². The lowest BCUT2D eigenvalue weighted by Crippen LogP contribution is -2.48. The summed E-state index contributed by atoms with van der Waals surface area (Å²) in [6.45, 7) is 0.276. The van der Waals surface area contributed by atoms with Crippen molar-refractivity contribution in [3.05, 3.63) is 40.6 Å². The van der Waals surface area contributed by atoms with Gasteiger partial charge < -0.3 is 19.2 Å². The number of fused-ring (bicyclic) bond motifs is 1. The quantitative estimate of drug-likeness (QED) is 0.654. The fourth-order valence-electron chi connectivity index (χ4n) is 4.49. The molecule has 0 bridgehead atoms. The van der Waals surface area contributed by atoms with E-state index in [2.05, 4.69) is 20.3 Å². The normalized spacial score (nSPS) is 29.0. The number of benzene rings is 1. The number of aromatic nitrogens is 2. The van der Waals surface area contributed by atoms with Crippen LogP contribution in [0.4, 0.5) is 13.2 Å². The van der Waals surface area contributed by atoms with Gasteiger partial charge in [-0.1, -0.05) is 11.6 Å². The van der Waals surface area contributed by atoms with Gasteiger partial charge in [-0.25, -0.2) is 0 Å². The smallest absolute Gasteiger partial charge is 0.480 e. The molecule has 1 N–H and O–H groups in total. The maximum absolute atomic E-state index is 12.7. The lowest BCUT2D eigenvalue weighted by molar-refractivity contribution is -0.352. The average molecular weight is 502 g/mol. The van der Waals surface area contributed by atoms with E-state index in [0.717, 1.165) is 5.56 Å². The highest BCUT2D eigenvalue weighted by Crippen LogP contribution is 2.41. The second-order valence-electron chi connectivity index (χ2n) is 8.83. The predicted octanol–water partition coefficient (Wildman–Crippen LogP) is 4.24. The third kappa shape index (κ3) is 5.31. The molecule has 12 heteroatoms. The van der Waals surface area contributed by atoms with Gasteiger partial charge in [0, 0.05) is 10.9 Å². The zero-order chi connectivity index (χ0) is 23.9. The fourth-order valence-corrected chi connectivity index (χ4v) is 4.68. The molecule has 1 unspecified atom stereocenters. The van der Waals surface area contributed by atoms with E-state index in [0.29, 0.717) is 48.2 Å². The van der Waals surface area contributed by atoms with Gasteiger partial charge in [0.1, 0.15) is 11.9 Å². The van der Waals surface area contributed by atoms with E-state index < -0.39 is 24.7 Å². The molecule has 1 saturated heterocycles. The molecule has 3 heterocycles. The molecule has 2 fully saturated rings. The Hall–Kier alpha value is -2.37. The first-order chi connectivity index (χ1) is 16.2. The molecule has 0 radical (unpaired) electrons. The third-order valence-electron chi connectivity index (χ3n) is 6.36. The number of nitrogens with zero attached hydrogens (tertiary/aromatic N) is 2. The van der Waals surface area contributed by atoms with Crippen molar-refractivity contribution in [2.24, 2.45) is 0 Å². The van der Waals surface area contributed by atoms with Crippen LogP contribution >= 0.6 is 11.6 Å². The molecule has 1 amide bonds. The Bertz CT molecular complexity index is 1040. The van der Waals surface area contributed by atoms with Crippen LogP contribution in [0.15, 0.2) is 22.6 Å². The number of carbonyl (C=O) groups excluding carboxylic acids is 1. The maximum atomic E-state index is 12.7. The third-order valence-corrected chi connectivity index (χ3v) is 6.59. The number of amides is 1. The lowest BCUT2D eigenvalue weighted by atomic mass is 9.82. The summed E-state index contributed by atoms with van der Waals surface area (Å²) in [5, 5.41) is 11.6. The Morgan fingerprint density at radius 1 is 1.15 bits per heavy atom. The van der Waals surface area contributed by atoms with Crippen molar-refractivity contribution in [2.75, 3.05) is 6.61 Å². The standard InChI is InChI=1S/C22H23ClF3N3O5/c23-13-2-5-16-11(7-13)1-4-17(32-16)19(30)27-14-3-6-18(31-10-14)21-29-28-20(33-21)12-8-15(9-12)34-22(24,25)26/h2,5,7,12,14-15,17-18H,1,3-4,6,8-10H2,(H,27,30)/t12?,14-,15?,17?,18+/m1/s1. The van der Waals surface area contributed by atoms with Crippen molar-refractivity contribution in [1.82, 2.24) is 15.5 Å². The zero-order valence-electron chi connectivity index (χ0n) is 18.0. The zero-order valence-corrected chi connectivity index (χ0v) is 18.8. The van der Waals surface area contributed by atoms with E-state index in [4.69, 9.17) is 25.5 Å². The number of alkyl halides is 3. The van der Waals surface area contributed by atoms with Gasteiger partial charge in [-0.3, -0.25) is 9.53 Å². The van der Waals surface area contributed by atoms with Gasteiger partial charge in [-0.05, 0) is 62.3 Å². The molecule has 1 saturated carbocycles. The van der Waals surface area contributed by atoms with E-state index >= 15 is 0 Å². The second kappa shape index (κ2) is 9.35. The summed E-state index contributed by atoms with van der Waals surface area (Å²) in [5.74, 6) is 0.831. The SMILES string of the molecule is O=C(N[C@@H]1CC[C@@H](c2nnc(C3CC(OC(F)(F)F)C3)o2)OC1)C1CCc2cc(Cl)ccc2O1. The minimum Gasteiger partial charge on any atom is -0.480 e. The van der Waals surface area contributed by atoms with E-state index in [1.54, 1.807) is 12.1 Å². The minimum absolute atomic E-state index is 0.173. The van der Waals surface area contributed by atoms with E-state index in [-0.39, 0.29) is 37.3 Å². The molecule has 34 heavy (non-hydrogen) atoms. The number of rotatable bonds is 5. The van der Waals surface area contributed by atoms with Crippen LogP contribution in [0, 0.1) is 0 Å². The van der Waals surface area contributed by atoms with Crippen LogP contribution in [0.5, 0.6) is 5.75 Å². The van der Waals surface area contributed by atoms with Gasteiger partial charge in [0.25, 0.3) is 5.91 Å². The van der Waals surface area contributed by atoms with Crippen LogP contribution in [-0.4, -0.2) is 47.3 Å². The number of hydrogen-bond acceptors (Lipinski definition) is 7. The molecule has 3 aliphatic rings. The van der Waals surface area contributed by atoms with Crippen molar-refractivity contribution < 1.29 is 36.6 Å². The first-order valence-electron chi connectivity index (χ1n) is 11.2. The summed E-state index contributed by atoms with van der Waals surface area (Å²) < 4.78 is 58.1. The van der Waals surface area contributed by atoms with Crippen molar-refractivity contribution in [3.8, 4) is 5.75 Å². The van der Waals surface area contributed by atoms with Crippen molar-refractivity contribution in [1.29, 1.82) is 0 Å². The number of hydrogen-bond donors (Lipinski definition) is 1. The average Bonchev–Trinajstić information content (AvgIpc) is 3.25. The molecule has 2 aromatic rings. The van der Waals surface area contributed by atoms with Crippen LogP contribution in [-0.2, 0) is 20.7 Å². The summed E-state index contributed by atoms with van der Waals surface area (Å²) in [6, 6.07) is 5.19. The highest BCUT2D eigenvalue weighted by Gasteiger charge is 2.43. The van der Waals surface area contributed by atoms with Gasteiger partial charge in [0.05, 0.1) is 18.8 Å². The highest BCUT2D eigenvalue weighted by atomic mass is 35.5. The number of aryl methyl sites for hydroxylation is 1. The summed E-state index contributed by atoms with van der Waals surface area (Å²) in [7, 11) is 0. The number of carbonyl (C=O) groups is 1. The summed E-state index contributed by atoms with van der Waals surface area (Å²) in [5.41, 5.74) is 0.990. The lowest BCUT2D eigenvalue weighted by Gasteiger charge is -2.33. The van der Waals surface area contributed by atoms with Crippen molar-refractivity contribution in [3.63, 3.8) is 0 Å². The Morgan fingerprint density at radius 3 is 2.68 bits per heavy atom. The number of nitrogens with one attached hydrogen (secondary N) is 1. The number of halogens is 4. The molecule has 8 nitrogen and oxygen atoms in total. The Morgan fingerprint density at radius 2 is 1.94 bits per heavy atom. The van der Waals surface area contributed by atoms with Gasteiger partial charge in [0.2, 0.25) is 11.8 Å². The minimum atomic E-state index is -4.64. The van der Waals surface area contributed by atoms with Crippen LogP contribution in [0.25, 0.3) is 0 Å². The summed E-state index contributed by atoms with van der Waals surface area (Å²) >= 11 is 6.01. The Balaban J connectivity index is 1.07. The molecule has 3 atom stereocenters. The van der Waals surface area contributed by atoms with Gasteiger partial charge >= 0.3 is 6.36 Å². The van der Waals surface area contributed by atoms with Crippen LogP contribution in [0.2, 0.25) is 5.02 Å². The molecule has 1 aromatic heterocycles. The van der Waals surface area contributed by atoms with Gasteiger partial charge in [-0.15, -0.1) is 23.4 Å². The van der Waals surface area contributed by atoms with E-state index in [1.165, 1.54) is 0 Å². The number of ether oxygens (including phenoxy) is 3. The topological polar surface area (TPSA) is 95.7 Å². The summed E-state index contributed by atoms with van der Waals surface area (Å²) in [6.07, 6.45) is -3.66. The van der Waals surface area contributed by atoms with Gasteiger partial charge in [-0.2, -0.15) is 0 Å². The molecule has 1 aromatic carbocycles. The molecule has 5 rings (SSSR count). The Kier molecular flexibility index (Phi) is 6.43. The molecule has 0 spiro atoms. The predicted molar refractivity (Wildman–Crippen MR) is 111 cm³/mol. The van der Waals surface area contributed by atoms with Crippen LogP contribution in [0.3, 0.4) is 0 Å². The van der Waals surface area contributed by atoms with E-state index in [1.807, 2.05) is 6.07 Å². The second-order valence-corrected chi connectivity index (χ2v) is 9.27. The fraction of sp³-hybridized carbons (Fsp3) is 0.591. The Labute approximate surface area is 198 Å². The van der Waals surface area contributed by atoms with Crippen molar-refractivity contribution in [2.45, 2.75) is 75.2 Å². The van der Waals surface area contributed by atoms with Gasteiger partial charge in [0.15, 0.2) is 6.10 Å².